The summed E-state index contributed by atoms with van der Waals surface area (Å²) in [6.45, 7) is 4.59. The van der Waals surface area contributed by atoms with Crippen LogP contribution in [0.25, 0.3) is 0 Å². The lowest BCUT2D eigenvalue weighted by Crippen LogP contribution is -2.17. The Kier molecular flexibility index (Phi) is 3.37. The van der Waals surface area contributed by atoms with E-state index in [0.29, 0.717) is 18.2 Å². The molecule has 2 aromatic carbocycles. The first-order valence-corrected chi connectivity index (χ1v) is 6.89. The van der Waals surface area contributed by atoms with Crippen LogP contribution in [0.2, 0.25) is 0 Å². The molecule has 0 saturated carbocycles. The zero-order chi connectivity index (χ0) is 14.9. The molecule has 4 heteroatoms. The number of halogens is 1. The van der Waals surface area contributed by atoms with E-state index in [1.165, 1.54) is 6.07 Å². The number of para-hydroxylation sites is 2. The highest BCUT2D eigenvalue weighted by atomic mass is 19.1. The number of anilines is 2. The van der Waals surface area contributed by atoms with E-state index < -0.39 is 0 Å². The Morgan fingerprint density at radius 3 is 2.38 bits per heavy atom. The van der Waals surface area contributed by atoms with Gasteiger partial charge in [0.25, 0.3) is 0 Å². The van der Waals surface area contributed by atoms with E-state index in [-0.39, 0.29) is 11.4 Å². The second-order valence-corrected chi connectivity index (χ2v) is 5.67. The molecule has 1 aliphatic heterocycles. The zero-order valence-corrected chi connectivity index (χ0v) is 12.1. The standard InChI is InChI=1S/C17H17FN2O/c1-17(2)11-21-16(20-17)12-7-3-5-9-14(12)19-15-10-6-4-8-13(15)18/h3-10,19H,11H2,1-2H3. The highest BCUT2D eigenvalue weighted by molar-refractivity contribution is 6.01. The average Bonchev–Trinajstić information content (AvgIpc) is 2.82. The van der Waals surface area contributed by atoms with Crippen LogP contribution in [-0.4, -0.2) is 18.0 Å². The van der Waals surface area contributed by atoms with Gasteiger partial charge in [0.2, 0.25) is 5.90 Å². The fraction of sp³-hybridized carbons (Fsp3) is 0.235. The van der Waals surface area contributed by atoms with Crippen molar-refractivity contribution in [2.24, 2.45) is 4.99 Å². The Bertz CT molecular complexity index is 695. The predicted molar refractivity (Wildman–Crippen MR) is 82.7 cm³/mol. The maximum Gasteiger partial charge on any atom is 0.218 e. The molecular weight excluding hydrogens is 267 g/mol. The first-order valence-electron chi connectivity index (χ1n) is 6.89. The third-order valence-electron chi connectivity index (χ3n) is 3.27. The number of benzene rings is 2. The highest BCUT2D eigenvalue weighted by Gasteiger charge is 2.28. The van der Waals surface area contributed by atoms with Crippen molar-refractivity contribution in [3.8, 4) is 0 Å². The number of hydrogen-bond acceptors (Lipinski definition) is 3. The molecule has 1 heterocycles. The quantitative estimate of drug-likeness (QED) is 0.919. The van der Waals surface area contributed by atoms with E-state index in [1.807, 2.05) is 38.1 Å². The number of aliphatic imine (C=N–C) groups is 1. The summed E-state index contributed by atoms with van der Waals surface area (Å²) in [5, 5.41) is 3.11. The number of ether oxygens (including phenoxy) is 1. The lowest BCUT2D eigenvalue weighted by Gasteiger charge is -2.12. The van der Waals surface area contributed by atoms with Gasteiger partial charge >= 0.3 is 0 Å². The molecular formula is C17H17FN2O. The van der Waals surface area contributed by atoms with Crippen LogP contribution in [0.5, 0.6) is 0 Å². The normalized spacial score (nSPS) is 16.2. The molecule has 3 nitrogen and oxygen atoms in total. The molecule has 0 spiro atoms. The van der Waals surface area contributed by atoms with E-state index in [1.54, 1.807) is 18.2 Å². The number of nitrogens with zero attached hydrogens (tertiary/aromatic N) is 1. The van der Waals surface area contributed by atoms with Crippen molar-refractivity contribution in [1.29, 1.82) is 0 Å². The second kappa shape index (κ2) is 5.20. The van der Waals surface area contributed by atoms with Gasteiger partial charge in [-0.1, -0.05) is 24.3 Å². The van der Waals surface area contributed by atoms with Gasteiger partial charge in [-0.25, -0.2) is 9.38 Å². The maximum absolute atomic E-state index is 13.8. The SMILES string of the molecule is CC1(C)COC(c2ccccc2Nc2ccccc2F)=N1. The van der Waals surface area contributed by atoms with Crippen molar-refractivity contribution < 1.29 is 9.13 Å². The minimum absolute atomic E-state index is 0.222. The Morgan fingerprint density at radius 1 is 1.05 bits per heavy atom. The Balaban J connectivity index is 1.96. The Morgan fingerprint density at radius 2 is 1.71 bits per heavy atom. The van der Waals surface area contributed by atoms with Crippen LogP contribution in [-0.2, 0) is 4.74 Å². The summed E-state index contributed by atoms with van der Waals surface area (Å²) in [5.74, 6) is 0.307. The van der Waals surface area contributed by atoms with Crippen LogP contribution in [0.15, 0.2) is 53.5 Å². The fourth-order valence-corrected chi connectivity index (χ4v) is 2.21. The van der Waals surface area contributed by atoms with Crippen LogP contribution in [0.4, 0.5) is 15.8 Å². The predicted octanol–water partition coefficient (Wildman–Crippen LogP) is 4.12. The second-order valence-electron chi connectivity index (χ2n) is 5.67. The topological polar surface area (TPSA) is 33.6 Å². The van der Waals surface area contributed by atoms with Gasteiger partial charge in [0.15, 0.2) is 0 Å². The molecule has 0 aromatic heterocycles. The van der Waals surface area contributed by atoms with Crippen molar-refractivity contribution >= 4 is 17.3 Å². The lowest BCUT2D eigenvalue weighted by atomic mass is 10.1. The largest absolute Gasteiger partial charge is 0.475 e. The van der Waals surface area contributed by atoms with Gasteiger partial charge in [0, 0.05) is 0 Å². The Labute approximate surface area is 123 Å². The molecule has 0 bridgehead atoms. The summed E-state index contributed by atoms with van der Waals surface area (Å²) in [6.07, 6.45) is 0. The molecule has 0 unspecified atom stereocenters. The molecule has 0 saturated heterocycles. The minimum Gasteiger partial charge on any atom is -0.475 e. The van der Waals surface area contributed by atoms with E-state index in [2.05, 4.69) is 10.3 Å². The van der Waals surface area contributed by atoms with Gasteiger partial charge in [-0.05, 0) is 38.1 Å². The summed E-state index contributed by atoms with van der Waals surface area (Å²) in [7, 11) is 0. The van der Waals surface area contributed by atoms with Gasteiger partial charge in [0.1, 0.15) is 12.4 Å². The molecule has 1 N–H and O–H groups in total. The van der Waals surface area contributed by atoms with Crippen LogP contribution in [0.3, 0.4) is 0 Å². The first kappa shape index (κ1) is 13.6. The van der Waals surface area contributed by atoms with Crippen LogP contribution in [0.1, 0.15) is 19.4 Å². The smallest absolute Gasteiger partial charge is 0.218 e. The van der Waals surface area contributed by atoms with Gasteiger partial charge in [-0.15, -0.1) is 0 Å². The molecule has 0 amide bonds. The zero-order valence-electron chi connectivity index (χ0n) is 12.1. The van der Waals surface area contributed by atoms with Crippen LogP contribution >= 0.6 is 0 Å². The first-order chi connectivity index (χ1) is 10.1. The number of rotatable bonds is 3. The van der Waals surface area contributed by atoms with Crippen LogP contribution in [0, 0.1) is 5.82 Å². The van der Waals surface area contributed by atoms with E-state index in [0.717, 1.165) is 11.3 Å². The van der Waals surface area contributed by atoms with Crippen molar-refractivity contribution in [3.63, 3.8) is 0 Å². The molecule has 108 valence electrons. The fourth-order valence-electron chi connectivity index (χ4n) is 2.21. The minimum atomic E-state index is -0.290. The van der Waals surface area contributed by atoms with Crippen molar-refractivity contribution in [3.05, 3.63) is 59.9 Å². The van der Waals surface area contributed by atoms with Gasteiger partial charge in [-0.2, -0.15) is 0 Å². The van der Waals surface area contributed by atoms with Crippen molar-refractivity contribution in [2.45, 2.75) is 19.4 Å². The van der Waals surface area contributed by atoms with Gasteiger partial charge in [-0.3, -0.25) is 0 Å². The molecule has 3 rings (SSSR count). The van der Waals surface area contributed by atoms with Gasteiger partial charge < -0.3 is 10.1 Å². The lowest BCUT2D eigenvalue weighted by molar-refractivity contribution is 0.279. The highest BCUT2D eigenvalue weighted by Crippen LogP contribution is 2.27. The molecule has 0 fully saturated rings. The number of nitrogens with one attached hydrogen (secondary N) is 1. The monoisotopic (exact) mass is 284 g/mol. The molecule has 1 aliphatic rings. The van der Waals surface area contributed by atoms with E-state index >= 15 is 0 Å². The summed E-state index contributed by atoms with van der Waals surface area (Å²) in [4.78, 5) is 4.58. The third kappa shape index (κ3) is 2.89. The van der Waals surface area contributed by atoms with E-state index in [4.69, 9.17) is 4.74 Å². The molecule has 0 aliphatic carbocycles. The molecule has 2 aromatic rings. The number of hydrogen-bond donors (Lipinski definition) is 1. The summed E-state index contributed by atoms with van der Waals surface area (Å²) < 4.78 is 19.5. The van der Waals surface area contributed by atoms with Crippen molar-refractivity contribution in [2.75, 3.05) is 11.9 Å². The Hall–Kier alpha value is -2.36. The summed E-state index contributed by atoms with van der Waals surface area (Å²) in [6, 6.07) is 14.2. The van der Waals surface area contributed by atoms with Crippen molar-refractivity contribution in [1.82, 2.24) is 0 Å². The maximum atomic E-state index is 13.8. The summed E-state index contributed by atoms with van der Waals surface area (Å²) >= 11 is 0. The van der Waals surface area contributed by atoms with Gasteiger partial charge in [0.05, 0.1) is 22.5 Å². The third-order valence-corrected chi connectivity index (χ3v) is 3.27. The van der Waals surface area contributed by atoms with E-state index in [9.17, 15) is 4.39 Å². The average molecular weight is 284 g/mol. The van der Waals surface area contributed by atoms with Crippen LogP contribution < -0.4 is 5.32 Å². The molecule has 21 heavy (non-hydrogen) atoms. The summed E-state index contributed by atoms with van der Waals surface area (Å²) in [5.41, 5.74) is 1.83. The molecule has 0 atom stereocenters. The molecule has 0 radical (unpaired) electrons.